The Balaban J connectivity index is 1.98. The number of alkyl halides is 1. The Kier molecular flexibility index (Phi) is 3.58. The molecule has 3 fully saturated rings. The lowest BCUT2D eigenvalue weighted by Crippen LogP contribution is -2.51. The van der Waals surface area contributed by atoms with Crippen molar-refractivity contribution in [2.24, 2.45) is 0 Å². The van der Waals surface area contributed by atoms with E-state index in [9.17, 15) is 4.79 Å². The third kappa shape index (κ3) is 2.31. The molecule has 4 heteroatoms. The van der Waals surface area contributed by atoms with Crippen LogP contribution in [0.15, 0.2) is 0 Å². The van der Waals surface area contributed by atoms with E-state index in [1.165, 1.54) is 32.1 Å². The van der Waals surface area contributed by atoms with Gasteiger partial charge in [0.25, 0.3) is 0 Å². The maximum absolute atomic E-state index is 12.7. The molecule has 0 N–H and O–H groups in total. The van der Waals surface area contributed by atoms with E-state index in [-0.39, 0.29) is 15.0 Å². The fraction of sp³-hybridized carbons (Fsp3) is 0.933. The van der Waals surface area contributed by atoms with Gasteiger partial charge >= 0.3 is 0 Å². The van der Waals surface area contributed by atoms with Gasteiger partial charge < -0.3 is 4.90 Å². The number of rotatable bonds is 0. The summed E-state index contributed by atoms with van der Waals surface area (Å²) in [7, 11) is 0. The molecule has 2 aliphatic heterocycles. The molecule has 3 rings (SSSR count). The van der Waals surface area contributed by atoms with Crippen molar-refractivity contribution in [3.63, 3.8) is 0 Å². The number of hydrogen-bond donors (Lipinski definition) is 0. The van der Waals surface area contributed by atoms with Crippen molar-refractivity contribution < 1.29 is 4.79 Å². The van der Waals surface area contributed by atoms with E-state index in [1.807, 2.05) is 0 Å². The van der Waals surface area contributed by atoms with Crippen LogP contribution in [0.5, 0.6) is 0 Å². The Morgan fingerprint density at radius 3 is 2.63 bits per heavy atom. The van der Waals surface area contributed by atoms with E-state index in [0.717, 1.165) is 12.8 Å². The highest BCUT2D eigenvalue weighted by atomic mass is 35.5. The predicted octanol–water partition coefficient (Wildman–Crippen LogP) is 4.16. The van der Waals surface area contributed by atoms with Crippen LogP contribution in [-0.2, 0) is 4.79 Å². The number of carbonyl (C=O) groups excluding carboxylic acids is 1. The van der Waals surface area contributed by atoms with Gasteiger partial charge in [0, 0.05) is 22.6 Å². The Hall–Kier alpha value is 0.110. The monoisotopic (exact) mass is 301 g/mol. The summed E-state index contributed by atoms with van der Waals surface area (Å²) in [6.07, 6.45) is 8.68. The molecule has 3 aliphatic rings. The third-order valence-electron chi connectivity index (χ3n) is 5.06. The van der Waals surface area contributed by atoms with Gasteiger partial charge in [-0.25, -0.2) is 0 Å². The van der Waals surface area contributed by atoms with Crippen LogP contribution in [0.3, 0.4) is 0 Å². The first kappa shape index (κ1) is 14.1. The normalized spacial score (nSPS) is 37.2. The standard InChI is InChI=1S/C15H24ClNOS/c1-14(2)12-10-11(16)6-7-13(18)17(12)15(19-14)8-4-3-5-9-15/h11-12H,3-10H2,1-2H3/t11-,12+/m0/s1. The number of carbonyl (C=O) groups is 1. The first-order valence-corrected chi connectivity index (χ1v) is 8.86. The van der Waals surface area contributed by atoms with Crippen LogP contribution in [0.4, 0.5) is 0 Å². The zero-order valence-electron chi connectivity index (χ0n) is 12.0. The fourth-order valence-electron chi connectivity index (χ4n) is 4.20. The lowest BCUT2D eigenvalue weighted by Gasteiger charge is -2.42. The fourth-order valence-corrected chi connectivity index (χ4v) is 6.61. The molecule has 1 aliphatic carbocycles. The second-order valence-electron chi connectivity index (χ2n) is 6.86. The number of thioether (sulfide) groups is 1. The minimum Gasteiger partial charge on any atom is -0.324 e. The molecule has 0 aromatic rings. The third-order valence-corrected chi connectivity index (χ3v) is 7.24. The highest BCUT2D eigenvalue weighted by Gasteiger charge is 2.58. The quantitative estimate of drug-likeness (QED) is 0.626. The highest BCUT2D eigenvalue weighted by Crippen LogP contribution is 2.59. The summed E-state index contributed by atoms with van der Waals surface area (Å²) in [6.45, 7) is 4.61. The van der Waals surface area contributed by atoms with E-state index in [1.54, 1.807) is 0 Å². The molecule has 19 heavy (non-hydrogen) atoms. The Morgan fingerprint density at radius 1 is 1.26 bits per heavy atom. The molecule has 0 radical (unpaired) electrons. The molecule has 2 heterocycles. The van der Waals surface area contributed by atoms with Gasteiger partial charge in [-0.3, -0.25) is 4.79 Å². The summed E-state index contributed by atoms with van der Waals surface area (Å²) < 4.78 is 0.143. The molecule has 0 bridgehead atoms. The molecule has 0 aromatic carbocycles. The first-order valence-electron chi connectivity index (χ1n) is 7.61. The van der Waals surface area contributed by atoms with Crippen LogP contribution in [0.25, 0.3) is 0 Å². The van der Waals surface area contributed by atoms with E-state index in [0.29, 0.717) is 18.4 Å². The molecule has 108 valence electrons. The number of amides is 1. The average molecular weight is 302 g/mol. The SMILES string of the molecule is CC1(C)SC2(CCCCC2)N2C(=O)CC[C@H](Cl)C[C@@H]21. The van der Waals surface area contributed by atoms with Gasteiger partial charge in [0.15, 0.2) is 0 Å². The van der Waals surface area contributed by atoms with Gasteiger partial charge in [0.05, 0.1) is 4.87 Å². The summed E-state index contributed by atoms with van der Waals surface area (Å²) in [5.41, 5.74) is 0. The maximum atomic E-state index is 12.7. The second-order valence-corrected chi connectivity index (χ2v) is 9.50. The van der Waals surface area contributed by atoms with Crippen LogP contribution >= 0.6 is 23.4 Å². The van der Waals surface area contributed by atoms with Crippen molar-refractivity contribution >= 4 is 29.3 Å². The number of fused-ring (bicyclic) bond motifs is 2. The number of halogens is 1. The lowest BCUT2D eigenvalue weighted by atomic mass is 9.90. The van der Waals surface area contributed by atoms with Gasteiger partial charge in [-0.05, 0) is 39.5 Å². The minimum absolute atomic E-state index is 0.0877. The van der Waals surface area contributed by atoms with Crippen molar-refractivity contribution in [3.8, 4) is 0 Å². The summed E-state index contributed by atoms with van der Waals surface area (Å²) in [6, 6.07) is 0.327. The highest BCUT2D eigenvalue weighted by molar-refractivity contribution is 8.02. The van der Waals surface area contributed by atoms with Crippen molar-refractivity contribution in [2.75, 3.05) is 0 Å². The molecule has 2 nitrogen and oxygen atoms in total. The summed E-state index contributed by atoms with van der Waals surface area (Å²) in [5.74, 6) is 0.355. The summed E-state index contributed by atoms with van der Waals surface area (Å²) >= 11 is 8.48. The summed E-state index contributed by atoms with van der Waals surface area (Å²) in [4.78, 5) is 15.0. The van der Waals surface area contributed by atoms with E-state index < -0.39 is 0 Å². The van der Waals surface area contributed by atoms with Gasteiger partial charge in [-0.2, -0.15) is 0 Å². The van der Waals surface area contributed by atoms with Crippen LogP contribution in [0, 0.1) is 0 Å². The van der Waals surface area contributed by atoms with Crippen molar-refractivity contribution in [1.29, 1.82) is 0 Å². The molecule has 0 aromatic heterocycles. The van der Waals surface area contributed by atoms with Gasteiger partial charge in [0.2, 0.25) is 5.91 Å². The van der Waals surface area contributed by atoms with Crippen molar-refractivity contribution in [2.45, 2.75) is 86.3 Å². The Labute approximate surface area is 125 Å². The molecular formula is C15H24ClNOS. The molecule has 0 unspecified atom stereocenters. The van der Waals surface area contributed by atoms with Crippen LogP contribution in [-0.4, -0.2) is 31.8 Å². The zero-order chi connectivity index (χ0) is 13.7. The van der Waals surface area contributed by atoms with Gasteiger partial charge in [0.1, 0.15) is 0 Å². The molecule has 1 spiro atoms. The van der Waals surface area contributed by atoms with Crippen LogP contribution < -0.4 is 0 Å². The molecular weight excluding hydrogens is 278 g/mol. The van der Waals surface area contributed by atoms with Gasteiger partial charge in [-0.1, -0.05) is 19.3 Å². The molecule has 1 saturated carbocycles. The van der Waals surface area contributed by atoms with E-state index in [2.05, 4.69) is 30.5 Å². The number of hydrogen-bond acceptors (Lipinski definition) is 2. The first-order chi connectivity index (χ1) is 8.95. The Morgan fingerprint density at radius 2 is 1.95 bits per heavy atom. The Bertz CT molecular complexity index is 378. The predicted molar refractivity (Wildman–Crippen MR) is 81.6 cm³/mol. The maximum Gasteiger partial charge on any atom is 0.224 e. The number of nitrogens with zero attached hydrogens (tertiary/aromatic N) is 1. The molecule has 2 saturated heterocycles. The molecule has 2 atom stereocenters. The van der Waals surface area contributed by atoms with Gasteiger partial charge in [-0.15, -0.1) is 23.4 Å². The summed E-state index contributed by atoms with van der Waals surface area (Å²) in [5, 5.41) is 0.164. The topological polar surface area (TPSA) is 20.3 Å². The van der Waals surface area contributed by atoms with Crippen LogP contribution in [0.1, 0.15) is 65.2 Å². The zero-order valence-corrected chi connectivity index (χ0v) is 13.5. The van der Waals surface area contributed by atoms with Crippen LogP contribution in [0.2, 0.25) is 0 Å². The van der Waals surface area contributed by atoms with E-state index in [4.69, 9.17) is 11.6 Å². The molecule has 1 amide bonds. The second kappa shape index (κ2) is 4.84. The van der Waals surface area contributed by atoms with Crippen molar-refractivity contribution in [3.05, 3.63) is 0 Å². The minimum atomic E-state index is 0.0877. The van der Waals surface area contributed by atoms with E-state index >= 15 is 0 Å². The smallest absolute Gasteiger partial charge is 0.224 e. The lowest BCUT2D eigenvalue weighted by molar-refractivity contribution is -0.137. The van der Waals surface area contributed by atoms with Crippen molar-refractivity contribution in [1.82, 2.24) is 4.90 Å². The average Bonchev–Trinajstić information content (AvgIpc) is 2.47. The largest absolute Gasteiger partial charge is 0.324 e.